The van der Waals surface area contributed by atoms with Crippen LogP contribution in [0.5, 0.6) is 0 Å². The molecule has 3 heterocycles. The van der Waals surface area contributed by atoms with Gasteiger partial charge in [0.1, 0.15) is 5.01 Å². The van der Waals surface area contributed by atoms with Crippen LogP contribution in [0.4, 0.5) is 0 Å². The first-order valence-electron chi connectivity index (χ1n) is 7.32. The van der Waals surface area contributed by atoms with E-state index in [0.29, 0.717) is 0 Å². The molecule has 1 saturated heterocycles. The smallest absolute Gasteiger partial charge is 0.142 e. The maximum atomic E-state index is 4.60. The lowest BCUT2D eigenvalue weighted by molar-refractivity contribution is 0.372. The standard InChI is InChI=1S/C16H21N3S/c1-11-12(2)20-16(19-11)15-4-3-14(10-18-15)9-13-5-7-17-8-6-13/h3-4,10,13,17H,5-9H2,1-2H3. The summed E-state index contributed by atoms with van der Waals surface area (Å²) in [6.45, 7) is 6.49. The Morgan fingerprint density at radius 2 is 2.05 bits per heavy atom. The van der Waals surface area contributed by atoms with E-state index in [4.69, 9.17) is 0 Å². The Kier molecular flexibility index (Phi) is 4.13. The SMILES string of the molecule is Cc1nc(-c2ccc(CC3CCNCC3)cn2)sc1C. The first kappa shape index (κ1) is 13.7. The molecule has 106 valence electrons. The molecule has 0 bridgehead atoms. The fourth-order valence-corrected chi connectivity index (χ4v) is 3.56. The van der Waals surface area contributed by atoms with Gasteiger partial charge in [-0.1, -0.05) is 6.07 Å². The van der Waals surface area contributed by atoms with Gasteiger partial charge in [0.05, 0.1) is 11.4 Å². The number of hydrogen-bond donors (Lipinski definition) is 1. The van der Waals surface area contributed by atoms with Crippen LogP contribution in [0.25, 0.3) is 10.7 Å². The van der Waals surface area contributed by atoms with Crippen molar-refractivity contribution >= 4 is 11.3 Å². The van der Waals surface area contributed by atoms with Crippen molar-refractivity contribution in [2.45, 2.75) is 33.1 Å². The molecule has 2 aromatic heterocycles. The average molecular weight is 287 g/mol. The fraction of sp³-hybridized carbons (Fsp3) is 0.500. The molecule has 0 unspecified atom stereocenters. The van der Waals surface area contributed by atoms with E-state index in [2.05, 4.69) is 41.3 Å². The van der Waals surface area contributed by atoms with E-state index in [0.717, 1.165) is 41.8 Å². The summed E-state index contributed by atoms with van der Waals surface area (Å²) in [4.78, 5) is 10.5. The van der Waals surface area contributed by atoms with Crippen LogP contribution in [0.2, 0.25) is 0 Å². The first-order valence-corrected chi connectivity index (χ1v) is 8.14. The highest BCUT2D eigenvalue weighted by Gasteiger charge is 2.14. The minimum absolute atomic E-state index is 0.813. The zero-order valence-corrected chi connectivity index (χ0v) is 13.0. The summed E-state index contributed by atoms with van der Waals surface area (Å²) >= 11 is 1.73. The molecule has 0 aliphatic carbocycles. The van der Waals surface area contributed by atoms with Crippen LogP contribution in [0, 0.1) is 19.8 Å². The number of nitrogens with zero attached hydrogens (tertiary/aromatic N) is 2. The summed E-state index contributed by atoms with van der Waals surface area (Å²) in [6, 6.07) is 4.34. The maximum absolute atomic E-state index is 4.60. The van der Waals surface area contributed by atoms with Gasteiger partial charge < -0.3 is 5.32 Å². The third-order valence-electron chi connectivity index (χ3n) is 4.06. The highest BCUT2D eigenvalue weighted by atomic mass is 32.1. The molecule has 0 radical (unpaired) electrons. The Labute approximate surface area is 124 Å². The molecule has 1 N–H and O–H groups in total. The van der Waals surface area contributed by atoms with Crippen molar-refractivity contribution in [3.8, 4) is 10.7 Å². The second-order valence-corrected chi connectivity index (χ2v) is 6.81. The van der Waals surface area contributed by atoms with Crippen LogP contribution in [-0.2, 0) is 6.42 Å². The van der Waals surface area contributed by atoms with Crippen molar-refractivity contribution in [1.82, 2.24) is 15.3 Å². The van der Waals surface area contributed by atoms with E-state index in [9.17, 15) is 0 Å². The van der Waals surface area contributed by atoms with E-state index in [-0.39, 0.29) is 0 Å². The molecule has 3 nitrogen and oxygen atoms in total. The Hall–Kier alpha value is -1.26. The molecule has 3 rings (SSSR count). The van der Waals surface area contributed by atoms with Crippen molar-refractivity contribution in [2.24, 2.45) is 5.92 Å². The summed E-state index contributed by atoms with van der Waals surface area (Å²) in [5.41, 5.74) is 3.47. The molecule has 20 heavy (non-hydrogen) atoms. The van der Waals surface area contributed by atoms with Gasteiger partial charge in [-0.25, -0.2) is 4.98 Å². The van der Waals surface area contributed by atoms with Crippen molar-refractivity contribution < 1.29 is 0 Å². The number of aromatic nitrogens is 2. The van der Waals surface area contributed by atoms with Gasteiger partial charge in [-0.3, -0.25) is 4.98 Å². The molecular formula is C16H21N3S. The van der Waals surface area contributed by atoms with Crippen LogP contribution in [0.15, 0.2) is 18.3 Å². The highest BCUT2D eigenvalue weighted by Crippen LogP contribution is 2.26. The van der Waals surface area contributed by atoms with Crippen LogP contribution < -0.4 is 5.32 Å². The molecule has 1 aliphatic rings. The maximum Gasteiger partial charge on any atom is 0.142 e. The molecule has 2 aromatic rings. The average Bonchev–Trinajstić information content (AvgIpc) is 2.81. The Morgan fingerprint density at radius 1 is 1.25 bits per heavy atom. The first-order chi connectivity index (χ1) is 9.72. The largest absolute Gasteiger partial charge is 0.317 e. The van der Waals surface area contributed by atoms with Gasteiger partial charge in [0.25, 0.3) is 0 Å². The number of nitrogens with one attached hydrogen (secondary N) is 1. The second-order valence-electron chi connectivity index (χ2n) is 5.61. The molecule has 0 spiro atoms. The second kappa shape index (κ2) is 6.02. The van der Waals surface area contributed by atoms with Crippen LogP contribution in [0.1, 0.15) is 29.0 Å². The summed E-state index contributed by atoms with van der Waals surface area (Å²) in [6.07, 6.45) is 5.76. The molecule has 1 fully saturated rings. The lowest BCUT2D eigenvalue weighted by atomic mass is 9.91. The zero-order valence-electron chi connectivity index (χ0n) is 12.1. The van der Waals surface area contributed by atoms with Crippen molar-refractivity contribution in [2.75, 3.05) is 13.1 Å². The molecule has 0 saturated carbocycles. The highest BCUT2D eigenvalue weighted by molar-refractivity contribution is 7.15. The summed E-state index contributed by atoms with van der Waals surface area (Å²) < 4.78 is 0. The molecule has 1 aliphatic heterocycles. The molecule has 0 amide bonds. The number of rotatable bonds is 3. The summed E-state index contributed by atoms with van der Waals surface area (Å²) in [5.74, 6) is 0.813. The van der Waals surface area contributed by atoms with Crippen LogP contribution in [-0.4, -0.2) is 23.1 Å². The van der Waals surface area contributed by atoms with Gasteiger partial charge in [0.15, 0.2) is 0 Å². The quantitative estimate of drug-likeness (QED) is 0.940. The van der Waals surface area contributed by atoms with E-state index in [1.54, 1.807) is 11.3 Å². The van der Waals surface area contributed by atoms with Crippen molar-refractivity contribution in [1.29, 1.82) is 0 Å². The topological polar surface area (TPSA) is 37.8 Å². The number of aryl methyl sites for hydroxylation is 2. The number of thiazole rings is 1. The van der Waals surface area contributed by atoms with Gasteiger partial charge in [-0.2, -0.15) is 0 Å². The van der Waals surface area contributed by atoms with Crippen LogP contribution >= 0.6 is 11.3 Å². The molecule has 4 heteroatoms. The predicted molar refractivity (Wildman–Crippen MR) is 84.1 cm³/mol. The molecule has 0 aromatic carbocycles. The summed E-state index contributed by atoms with van der Waals surface area (Å²) in [7, 11) is 0. The van der Waals surface area contributed by atoms with Crippen molar-refractivity contribution in [3.63, 3.8) is 0 Å². The Bertz CT molecular complexity index is 548. The molecule has 0 atom stereocenters. The van der Waals surface area contributed by atoms with E-state index >= 15 is 0 Å². The zero-order chi connectivity index (χ0) is 13.9. The van der Waals surface area contributed by atoms with Gasteiger partial charge in [0, 0.05) is 11.1 Å². The number of hydrogen-bond acceptors (Lipinski definition) is 4. The van der Waals surface area contributed by atoms with Gasteiger partial charge in [0.2, 0.25) is 0 Å². The monoisotopic (exact) mass is 287 g/mol. The minimum Gasteiger partial charge on any atom is -0.317 e. The fourth-order valence-electron chi connectivity index (χ4n) is 2.67. The molecular weight excluding hydrogens is 266 g/mol. The third kappa shape index (κ3) is 3.07. The summed E-state index contributed by atoms with van der Waals surface area (Å²) in [5, 5.41) is 4.45. The predicted octanol–water partition coefficient (Wildman–Crippen LogP) is 3.36. The third-order valence-corrected chi connectivity index (χ3v) is 5.15. The van der Waals surface area contributed by atoms with Gasteiger partial charge in [-0.15, -0.1) is 11.3 Å². The lowest BCUT2D eigenvalue weighted by Crippen LogP contribution is -2.28. The minimum atomic E-state index is 0.813. The number of piperidine rings is 1. The van der Waals surface area contributed by atoms with Gasteiger partial charge >= 0.3 is 0 Å². The lowest BCUT2D eigenvalue weighted by Gasteiger charge is -2.22. The van der Waals surface area contributed by atoms with Crippen LogP contribution in [0.3, 0.4) is 0 Å². The Balaban J connectivity index is 1.70. The van der Waals surface area contributed by atoms with Crippen molar-refractivity contribution in [3.05, 3.63) is 34.5 Å². The normalized spacial score (nSPS) is 16.5. The van der Waals surface area contributed by atoms with E-state index in [1.807, 2.05) is 6.20 Å². The Morgan fingerprint density at radius 3 is 2.65 bits per heavy atom. The van der Waals surface area contributed by atoms with E-state index in [1.165, 1.54) is 23.3 Å². The van der Waals surface area contributed by atoms with Gasteiger partial charge in [-0.05, 0) is 63.7 Å². The number of pyridine rings is 1. The van der Waals surface area contributed by atoms with E-state index < -0.39 is 0 Å².